The first-order valence-electron chi connectivity index (χ1n) is 10.2. The number of halogens is 1. The second kappa shape index (κ2) is 9.77. The van der Waals surface area contributed by atoms with E-state index in [9.17, 15) is 27.2 Å². The molecule has 34 heavy (non-hydrogen) atoms. The number of amides is 3. The largest absolute Gasteiger partial charge is 0.459 e. The number of carbonyl (C=O) groups excluding carboxylic acids is 3. The van der Waals surface area contributed by atoms with E-state index in [0.717, 1.165) is 24.3 Å². The van der Waals surface area contributed by atoms with Gasteiger partial charge in [-0.3, -0.25) is 14.4 Å². The molecule has 1 aromatic carbocycles. The maximum Gasteiger partial charge on any atom is 0.288 e. The van der Waals surface area contributed by atoms with Gasteiger partial charge in [-0.05, 0) is 47.8 Å². The fourth-order valence-electron chi connectivity index (χ4n) is 3.48. The smallest absolute Gasteiger partial charge is 0.288 e. The molecule has 3 amide bonds. The molecule has 1 fully saturated rings. The van der Waals surface area contributed by atoms with Gasteiger partial charge in [0.05, 0.1) is 16.0 Å². The van der Waals surface area contributed by atoms with Gasteiger partial charge in [0.1, 0.15) is 5.82 Å². The Morgan fingerprint density at radius 1 is 0.971 bits per heavy atom. The summed E-state index contributed by atoms with van der Waals surface area (Å²) in [7, 11) is -4.43. The van der Waals surface area contributed by atoms with Crippen molar-refractivity contribution in [2.75, 3.05) is 26.2 Å². The third-order valence-electron chi connectivity index (χ3n) is 5.29. The molecule has 0 unspecified atom stereocenters. The number of benzene rings is 1. The number of piperazine rings is 1. The number of furan rings is 1. The minimum Gasteiger partial charge on any atom is -0.459 e. The van der Waals surface area contributed by atoms with Gasteiger partial charge in [-0.1, -0.05) is 6.07 Å². The van der Waals surface area contributed by atoms with Gasteiger partial charge in [-0.15, -0.1) is 11.3 Å². The molecular formula is C22H20FN3O6S2. The molecular weight excluding hydrogens is 485 g/mol. The van der Waals surface area contributed by atoms with Crippen molar-refractivity contribution in [1.29, 1.82) is 0 Å². The standard InChI is InChI=1S/C22H20FN3O6S2/c23-15-5-7-16(8-6-15)34(30,31)20(24-19(27)17-3-1-13-32-17)22(29)26-11-9-25(10-12-26)21(28)18-4-2-14-33-18/h1-8,13-14,20H,9-12H2,(H,24,27)/t20-/m1/s1. The van der Waals surface area contributed by atoms with Crippen LogP contribution in [0.4, 0.5) is 4.39 Å². The molecule has 1 saturated heterocycles. The van der Waals surface area contributed by atoms with E-state index < -0.39 is 32.8 Å². The molecule has 178 valence electrons. The van der Waals surface area contributed by atoms with Gasteiger partial charge in [0.25, 0.3) is 17.7 Å². The third-order valence-corrected chi connectivity index (χ3v) is 8.02. The van der Waals surface area contributed by atoms with Crippen molar-refractivity contribution in [2.24, 2.45) is 0 Å². The van der Waals surface area contributed by atoms with Crippen LogP contribution in [0.1, 0.15) is 20.2 Å². The van der Waals surface area contributed by atoms with E-state index in [1.807, 2.05) is 0 Å². The quantitative estimate of drug-likeness (QED) is 0.512. The number of nitrogens with zero attached hydrogens (tertiary/aromatic N) is 2. The molecule has 1 atom stereocenters. The van der Waals surface area contributed by atoms with Crippen molar-refractivity contribution in [2.45, 2.75) is 10.3 Å². The SMILES string of the molecule is O=C(N[C@@H](C(=O)N1CCN(C(=O)c2cccs2)CC1)S(=O)(=O)c1ccc(F)cc1)c1ccco1. The van der Waals surface area contributed by atoms with Crippen molar-refractivity contribution in [3.8, 4) is 0 Å². The maximum absolute atomic E-state index is 13.3. The lowest BCUT2D eigenvalue weighted by Gasteiger charge is -2.36. The zero-order valence-electron chi connectivity index (χ0n) is 17.7. The van der Waals surface area contributed by atoms with E-state index in [-0.39, 0.29) is 42.7 Å². The van der Waals surface area contributed by atoms with E-state index in [4.69, 9.17) is 4.42 Å². The summed E-state index contributed by atoms with van der Waals surface area (Å²) >= 11 is 1.31. The molecule has 4 rings (SSSR count). The lowest BCUT2D eigenvalue weighted by Crippen LogP contribution is -2.57. The molecule has 0 bridgehead atoms. The predicted molar refractivity (Wildman–Crippen MR) is 120 cm³/mol. The highest BCUT2D eigenvalue weighted by molar-refractivity contribution is 7.92. The van der Waals surface area contributed by atoms with Crippen LogP contribution >= 0.6 is 11.3 Å². The molecule has 12 heteroatoms. The van der Waals surface area contributed by atoms with Crippen LogP contribution in [-0.4, -0.2) is 67.5 Å². The molecule has 1 N–H and O–H groups in total. The number of sulfone groups is 1. The molecule has 0 radical (unpaired) electrons. The third kappa shape index (κ3) is 4.87. The molecule has 3 aromatic rings. The first kappa shape index (κ1) is 23.6. The molecule has 0 aliphatic carbocycles. The van der Waals surface area contributed by atoms with Gasteiger partial charge >= 0.3 is 0 Å². The summed E-state index contributed by atoms with van der Waals surface area (Å²) in [5.74, 6) is -2.72. The van der Waals surface area contributed by atoms with E-state index in [1.165, 1.54) is 34.6 Å². The lowest BCUT2D eigenvalue weighted by molar-refractivity contribution is -0.132. The Labute approximate surface area is 198 Å². The Morgan fingerprint density at radius 2 is 1.65 bits per heavy atom. The number of rotatable bonds is 6. The first-order chi connectivity index (χ1) is 16.3. The summed E-state index contributed by atoms with van der Waals surface area (Å²) in [4.78, 5) is 41.6. The Bertz CT molecular complexity index is 1270. The van der Waals surface area contributed by atoms with Gasteiger partial charge in [-0.25, -0.2) is 12.8 Å². The second-order valence-corrected chi connectivity index (χ2v) is 10.4. The van der Waals surface area contributed by atoms with E-state index in [2.05, 4.69) is 5.32 Å². The summed E-state index contributed by atoms with van der Waals surface area (Å²) in [6.07, 6.45) is 1.24. The van der Waals surface area contributed by atoms with Gasteiger partial charge < -0.3 is 19.5 Å². The average Bonchev–Trinajstić information content (AvgIpc) is 3.57. The number of hydrogen-bond acceptors (Lipinski definition) is 7. The highest BCUT2D eigenvalue weighted by atomic mass is 32.2. The van der Waals surface area contributed by atoms with Crippen LogP contribution in [0.25, 0.3) is 0 Å². The summed E-state index contributed by atoms with van der Waals surface area (Å²) in [6, 6.07) is 10.2. The van der Waals surface area contributed by atoms with E-state index in [1.54, 1.807) is 22.4 Å². The van der Waals surface area contributed by atoms with Gasteiger partial charge in [0.15, 0.2) is 5.76 Å². The van der Waals surface area contributed by atoms with Gasteiger partial charge in [-0.2, -0.15) is 0 Å². The lowest BCUT2D eigenvalue weighted by atomic mass is 10.3. The highest BCUT2D eigenvalue weighted by Crippen LogP contribution is 2.20. The zero-order chi connectivity index (χ0) is 24.3. The summed E-state index contributed by atoms with van der Waals surface area (Å²) < 4.78 is 44.9. The normalized spacial score (nSPS) is 15.1. The van der Waals surface area contributed by atoms with Crippen molar-refractivity contribution in [1.82, 2.24) is 15.1 Å². The fraction of sp³-hybridized carbons (Fsp3) is 0.227. The minimum absolute atomic E-state index is 0.0853. The zero-order valence-corrected chi connectivity index (χ0v) is 19.4. The highest BCUT2D eigenvalue weighted by Gasteiger charge is 2.40. The van der Waals surface area contributed by atoms with E-state index in [0.29, 0.717) is 4.88 Å². The van der Waals surface area contributed by atoms with Crippen LogP contribution < -0.4 is 5.32 Å². The van der Waals surface area contributed by atoms with Crippen molar-refractivity contribution >= 4 is 38.9 Å². The number of nitrogens with one attached hydrogen (secondary N) is 1. The van der Waals surface area contributed by atoms with Crippen LogP contribution in [0.15, 0.2) is 69.5 Å². The Kier molecular flexibility index (Phi) is 6.80. The monoisotopic (exact) mass is 505 g/mol. The molecule has 3 heterocycles. The topological polar surface area (TPSA) is 117 Å². The Morgan fingerprint density at radius 3 is 2.24 bits per heavy atom. The average molecular weight is 506 g/mol. The number of hydrogen-bond donors (Lipinski definition) is 1. The van der Waals surface area contributed by atoms with Crippen molar-refractivity contribution < 1.29 is 31.6 Å². The van der Waals surface area contributed by atoms with Gasteiger partial charge in [0, 0.05) is 26.2 Å². The molecule has 0 saturated carbocycles. The minimum atomic E-state index is -4.43. The summed E-state index contributed by atoms with van der Waals surface area (Å²) in [5.41, 5.74) is 0. The molecule has 9 nitrogen and oxygen atoms in total. The van der Waals surface area contributed by atoms with Crippen LogP contribution in [0, 0.1) is 5.82 Å². The fourth-order valence-corrected chi connectivity index (χ4v) is 5.64. The molecule has 1 aliphatic heterocycles. The Hall–Kier alpha value is -3.51. The van der Waals surface area contributed by atoms with E-state index >= 15 is 0 Å². The molecule has 0 spiro atoms. The van der Waals surface area contributed by atoms with Crippen molar-refractivity contribution in [3.63, 3.8) is 0 Å². The molecule has 1 aliphatic rings. The molecule has 2 aromatic heterocycles. The van der Waals surface area contributed by atoms with Crippen LogP contribution in [0.5, 0.6) is 0 Å². The van der Waals surface area contributed by atoms with Crippen LogP contribution in [0.2, 0.25) is 0 Å². The Balaban J connectivity index is 1.55. The first-order valence-corrected chi connectivity index (χ1v) is 12.7. The van der Waals surface area contributed by atoms with Crippen molar-refractivity contribution in [3.05, 3.63) is 76.6 Å². The number of carbonyl (C=O) groups is 3. The number of thiophene rings is 1. The summed E-state index contributed by atoms with van der Waals surface area (Å²) in [5, 5.41) is 2.07. The summed E-state index contributed by atoms with van der Waals surface area (Å²) in [6.45, 7) is 0.583. The van der Waals surface area contributed by atoms with Gasteiger partial charge in [0.2, 0.25) is 15.2 Å². The maximum atomic E-state index is 13.3. The van der Waals surface area contributed by atoms with Crippen LogP contribution in [-0.2, 0) is 14.6 Å². The van der Waals surface area contributed by atoms with Crippen LogP contribution in [0.3, 0.4) is 0 Å². The second-order valence-electron chi connectivity index (χ2n) is 7.42. The predicted octanol–water partition coefficient (Wildman–Crippen LogP) is 1.99.